The molecule has 112 valence electrons. The number of rotatable bonds is 2. The number of hydrogen-bond acceptors (Lipinski definition) is 4. The van der Waals surface area contributed by atoms with Crippen LogP contribution in [0.1, 0.15) is 34.6 Å². The van der Waals surface area contributed by atoms with Crippen molar-refractivity contribution in [2.75, 3.05) is 20.1 Å². The van der Waals surface area contributed by atoms with Crippen LogP contribution in [0.3, 0.4) is 0 Å². The summed E-state index contributed by atoms with van der Waals surface area (Å²) >= 11 is 0. The van der Waals surface area contributed by atoms with E-state index >= 15 is 0 Å². The Bertz CT molecular complexity index is 670. The first kappa shape index (κ1) is 14.0. The molecule has 1 aliphatic heterocycles. The Morgan fingerprint density at radius 3 is 2.76 bits per heavy atom. The molecular formula is C15H21N5O. The van der Waals surface area contributed by atoms with Gasteiger partial charge in [0.05, 0.1) is 6.20 Å². The third-order valence-corrected chi connectivity index (χ3v) is 4.08. The van der Waals surface area contributed by atoms with Gasteiger partial charge in [-0.25, -0.2) is 9.50 Å². The monoisotopic (exact) mass is 287 g/mol. The lowest BCUT2D eigenvalue weighted by atomic mass is 10.1. The molecule has 1 N–H and O–H groups in total. The fraction of sp³-hybridized carbons (Fsp3) is 0.533. The van der Waals surface area contributed by atoms with Gasteiger partial charge in [0, 0.05) is 17.4 Å². The van der Waals surface area contributed by atoms with Crippen LogP contribution in [0.4, 0.5) is 0 Å². The van der Waals surface area contributed by atoms with Gasteiger partial charge in [-0.2, -0.15) is 5.10 Å². The van der Waals surface area contributed by atoms with E-state index in [2.05, 4.69) is 27.3 Å². The highest BCUT2D eigenvalue weighted by molar-refractivity contribution is 5.99. The van der Waals surface area contributed by atoms with E-state index < -0.39 is 0 Å². The molecule has 2 aromatic heterocycles. The minimum atomic E-state index is -0.0722. The molecule has 0 radical (unpaired) electrons. The zero-order valence-corrected chi connectivity index (χ0v) is 12.8. The molecule has 0 saturated carbocycles. The van der Waals surface area contributed by atoms with Gasteiger partial charge in [0.15, 0.2) is 5.65 Å². The van der Waals surface area contributed by atoms with Crippen LogP contribution >= 0.6 is 0 Å². The lowest BCUT2D eigenvalue weighted by Crippen LogP contribution is -2.43. The van der Waals surface area contributed by atoms with Crippen molar-refractivity contribution in [1.29, 1.82) is 0 Å². The number of carbonyl (C=O) groups is 1. The van der Waals surface area contributed by atoms with Gasteiger partial charge in [0.25, 0.3) is 5.91 Å². The van der Waals surface area contributed by atoms with E-state index in [4.69, 9.17) is 0 Å². The fourth-order valence-electron chi connectivity index (χ4n) is 2.85. The second kappa shape index (κ2) is 5.44. The molecule has 1 aliphatic rings. The molecule has 1 amide bonds. The van der Waals surface area contributed by atoms with Crippen LogP contribution in [-0.4, -0.2) is 51.6 Å². The Hall–Kier alpha value is -1.95. The van der Waals surface area contributed by atoms with Gasteiger partial charge < -0.3 is 10.2 Å². The average molecular weight is 287 g/mol. The number of amides is 1. The number of nitrogens with zero attached hydrogens (tertiary/aromatic N) is 4. The fourth-order valence-corrected chi connectivity index (χ4v) is 2.85. The molecule has 0 unspecified atom stereocenters. The third kappa shape index (κ3) is 2.76. The SMILES string of the molecule is Cc1cc(C)n2ncc(C(=O)NC3CCN(C)CC3)c2n1. The first-order valence-electron chi connectivity index (χ1n) is 7.36. The Balaban J connectivity index is 1.82. The van der Waals surface area contributed by atoms with E-state index in [1.54, 1.807) is 10.7 Å². The zero-order chi connectivity index (χ0) is 15.0. The standard InChI is InChI=1S/C15H21N5O/c1-10-8-11(2)20-14(17-10)13(9-16-20)15(21)18-12-4-6-19(3)7-5-12/h8-9,12H,4-7H2,1-3H3,(H,18,21). The molecule has 3 heterocycles. The quantitative estimate of drug-likeness (QED) is 0.900. The Kier molecular flexibility index (Phi) is 3.63. The molecule has 0 bridgehead atoms. The second-order valence-corrected chi connectivity index (χ2v) is 5.88. The van der Waals surface area contributed by atoms with Crippen molar-refractivity contribution < 1.29 is 4.79 Å². The summed E-state index contributed by atoms with van der Waals surface area (Å²) in [5, 5.41) is 7.38. The number of nitrogens with one attached hydrogen (secondary N) is 1. The van der Waals surface area contributed by atoms with Crippen molar-refractivity contribution in [3.05, 3.63) is 29.2 Å². The van der Waals surface area contributed by atoms with Crippen molar-refractivity contribution in [2.24, 2.45) is 0 Å². The Morgan fingerprint density at radius 2 is 2.05 bits per heavy atom. The Morgan fingerprint density at radius 1 is 1.33 bits per heavy atom. The first-order chi connectivity index (χ1) is 10.0. The smallest absolute Gasteiger partial charge is 0.256 e. The Labute approximate surface area is 124 Å². The summed E-state index contributed by atoms with van der Waals surface area (Å²) in [4.78, 5) is 19.2. The predicted molar refractivity (Wildman–Crippen MR) is 80.4 cm³/mol. The summed E-state index contributed by atoms with van der Waals surface area (Å²) in [5.74, 6) is -0.0722. The highest BCUT2D eigenvalue weighted by Gasteiger charge is 2.21. The highest BCUT2D eigenvalue weighted by Crippen LogP contribution is 2.14. The number of piperidine rings is 1. The molecule has 6 heteroatoms. The summed E-state index contributed by atoms with van der Waals surface area (Å²) in [6.07, 6.45) is 3.60. The van der Waals surface area contributed by atoms with Crippen LogP contribution < -0.4 is 5.32 Å². The molecule has 3 rings (SSSR count). The van der Waals surface area contributed by atoms with Crippen LogP contribution in [0.5, 0.6) is 0 Å². The summed E-state index contributed by atoms with van der Waals surface area (Å²) in [6, 6.07) is 2.20. The minimum Gasteiger partial charge on any atom is -0.349 e. The summed E-state index contributed by atoms with van der Waals surface area (Å²) < 4.78 is 1.72. The summed E-state index contributed by atoms with van der Waals surface area (Å²) in [6.45, 7) is 5.94. The second-order valence-electron chi connectivity index (χ2n) is 5.88. The maximum atomic E-state index is 12.5. The molecule has 1 saturated heterocycles. The number of carbonyl (C=O) groups excluding carboxylic acids is 1. The van der Waals surface area contributed by atoms with E-state index in [-0.39, 0.29) is 11.9 Å². The molecule has 0 spiro atoms. The van der Waals surface area contributed by atoms with Gasteiger partial charge in [0.1, 0.15) is 5.56 Å². The number of aromatic nitrogens is 3. The lowest BCUT2D eigenvalue weighted by molar-refractivity contribution is 0.0918. The van der Waals surface area contributed by atoms with Crippen LogP contribution in [-0.2, 0) is 0 Å². The maximum absolute atomic E-state index is 12.5. The van der Waals surface area contributed by atoms with Gasteiger partial charge in [0.2, 0.25) is 0 Å². The predicted octanol–water partition coefficient (Wildman–Crippen LogP) is 1.17. The van der Waals surface area contributed by atoms with Gasteiger partial charge in [-0.05, 0) is 52.9 Å². The van der Waals surface area contributed by atoms with E-state index in [0.717, 1.165) is 37.3 Å². The summed E-state index contributed by atoms with van der Waals surface area (Å²) in [5.41, 5.74) is 3.07. The van der Waals surface area contributed by atoms with Gasteiger partial charge >= 0.3 is 0 Å². The van der Waals surface area contributed by atoms with Crippen LogP contribution in [0.15, 0.2) is 12.3 Å². The van der Waals surface area contributed by atoms with Crippen molar-refractivity contribution >= 4 is 11.6 Å². The normalized spacial score (nSPS) is 17.3. The van der Waals surface area contributed by atoms with Crippen molar-refractivity contribution in [1.82, 2.24) is 24.8 Å². The van der Waals surface area contributed by atoms with Crippen molar-refractivity contribution in [2.45, 2.75) is 32.7 Å². The van der Waals surface area contributed by atoms with Crippen LogP contribution in [0.25, 0.3) is 5.65 Å². The maximum Gasteiger partial charge on any atom is 0.256 e. The summed E-state index contributed by atoms with van der Waals surface area (Å²) in [7, 11) is 2.11. The highest BCUT2D eigenvalue weighted by atomic mass is 16.1. The molecule has 0 atom stereocenters. The molecule has 0 aliphatic carbocycles. The molecular weight excluding hydrogens is 266 g/mol. The number of hydrogen-bond donors (Lipinski definition) is 1. The van der Waals surface area contributed by atoms with E-state index in [0.29, 0.717) is 11.2 Å². The molecule has 0 aromatic carbocycles. The molecule has 21 heavy (non-hydrogen) atoms. The molecule has 2 aromatic rings. The average Bonchev–Trinajstić information content (AvgIpc) is 2.85. The minimum absolute atomic E-state index is 0.0722. The first-order valence-corrected chi connectivity index (χ1v) is 7.36. The van der Waals surface area contributed by atoms with Crippen molar-refractivity contribution in [3.8, 4) is 0 Å². The molecule has 1 fully saturated rings. The largest absolute Gasteiger partial charge is 0.349 e. The number of aryl methyl sites for hydroxylation is 2. The third-order valence-electron chi connectivity index (χ3n) is 4.08. The number of likely N-dealkylation sites (tertiary alicyclic amines) is 1. The van der Waals surface area contributed by atoms with Gasteiger partial charge in [-0.3, -0.25) is 4.79 Å². The lowest BCUT2D eigenvalue weighted by Gasteiger charge is -2.29. The molecule has 6 nitrogen and oxygen atoms in total. The van der Waals surface area contributed by atoms with Gasteiger partial charge in [-0.1, -0.05) is 0 Å². The van der Waals surface area contributed by atoms with E-state index in [1.807, 2.05) is 19.9 Å². The van der Waals surface area contributed by atoms with Crippen LogP contribution in [0, 0.1) is 13.8 Å². The van der Waals surface area contributed by atoms with E-state index in [9.17, 15) is 4.79 Å². The van der Waals surface area contributed by atoms with Crippen molar-refractivity contribution in [3.63, 3.8) is 0 Å². The number of fused-ring (bicyclic) bond motifs is 1. The van der Waals surface area contributed by atoms with E-state index in [1.165, 1.54) is 0 Å². The topological polar surface area (TPSA) is 62.5 Å². The van der Waals surface area contributed by atoms with Gasteiger partial charge in [-0.15, -0.1) is 0 Å². The van der Waals surface area contributed by atoms with Crippen LogP contribution in [0.2, 0.25) is 0 Å². The zero-order valence-electron chi connectivity index (χ0n) is 12.8.